The van der Waals surface area contributed by atoms with E-state index in [2.05, 4.69) is 20.9 Å². The van der Waals surface area contributed by atoms with Crippen molar-refractivity contribution in [1.29, 1.82) is 0 Å². The maximum atomic E-state index is 13.7. The highest BCUT2D eigenvalue weighted by molar-refractivity contribution is 7.90. The minimum atomic E-state index is -3.57. The number of rotatable bonds is 8. The second-order valence-electron chi connectivity index (χ2n) is 6.22. The Morgan fingerprint density at radius 1 is 1.13 bits per heavy atom. The summed E-state index contributed by atoms with van der Waals surface area (Å²) in [5.41, 5.74) is -0.0568. The molecule has 0 atom stereocenters. The topological polar surface area (TPSA) is 126 Å². The molecule has 0 saturated heterocycles. The molecule has 2 aromatic rings. The van der Waals surface area contributed by atoms with Crippen LogP contribution in [0, 0.1) is 21.7 Å². The van der Waals surface area contributed by atoms with Crippen LogP contribution >= 0.6 is 0 Å². The minimum absolute atomic E-state index is 0.00905. The van der Waals surface area contributed by atoms with Crippen LogP contribution in [0.15, 0.2) is 46.3 Å². The van der Waals surface area contributed by atoms with Crippen LogP contribution in [0.25, 0.3) is 0 Å². The van der Waals surface area contributed by atoms with E-state index in [1.54, 1.807) is 0 Å². The molecule has 0 aliphatic heterocycles. The third kappa shape index (κ3) is 6.37. The SMILES string of the molecule is CN=C(NCCNc1ccc(S(C)(=O)=O)cc1[N+](=O)[O-])NCc1cc(F)ccc1F. The van der Waals surface area contributed by atoms with E-state index in [0.29, 0.717) is 5.96 Å². The number of nitro groups is 1. The smallest absolute Gasteiger partial charge is 0.293 e. The molecule has 0 aliphatic rings. The van der Waals surface area contributed by atoms with Gasteiger partial charge in [0.2, 0.25) is 0 Å². The van der Waals surface area contributed by atoms with E-state index in [1.807, 2.05) is 0 Å². The van der Waals surface area contributed by atoms with Crippen LogP contribution in [0.3, 0.4) is 0 Å². The zero-order chi connectivity index (χ0) is 22.3. The van der Waals surface area contributed by atoms with Crippen molar-refractivity contribution in [3.05, 3.63) is 63.7 Å². The number of aliphatic imine (C=N–C) groups is 1. The summed E-state index contributed by atoms with van der Waals surface area (Å²) in [4.78, 5) is 14.4. The lowest BCUT2D eigenvalue weighted by molar-refractivity contribution is -0.384. The van der Waals surface area contributed by atoms with Gasteiger partial charge < -0.3 is 16.0 Å². The third-order valence-corrected chi connectivity index (χ3v) is 5.11. The largest absolute Gasteiger partial charge is 0.378 e. The van der Waals surface area contributed by atoms with E-state index in [4.69, 9.17) is 0 Å². The summed E-state index contributed by atoms with van der Waals surface area (Å²) < 4.78 is 50.0. The molecule has 162 valence electrons. The average molecular weight is 441 g/mol. The lowest BCUT2D eigenvalue weighted by Crippen LogP contribution is -2.39. The van der Waals surface area contributed by atoms with Crippen LogP contribution in [-0.2, 0) is 16.4 Å². The quantitative estimate of drug-likeness (QED) is 0.188. The zero-order valence-corrected chi connectivity index (χ0v) is 17.1. The zero-order valence-electron chi connectivity index (χ0n) is 16.3. The number of hydrogen-bond acceptors (Lipinski definition) is 6. The van der Waals surface area contributed by atoms with E-state index in [9.17, 15) is 27.3 Å². The van der Waals surface area contributed by atoms with Crippen molar-refractivity contribution in [2.45, 2.75) is 11.4 Å². The summed E-state index contributed by atoms with van der Waals surface area (Å²) in [5, 5.41) is 19.8. The lowest BCUT2D eigenvalue weighted by Gasteiger charge is -2.13. The van der Waals surface area contributed by atoms with Crippen LogP contribution in [-0.4, -0.2) is 45.7 Å². The van der Waals surface area contributed by atoms with Gasteiger partial charge in [-0.05, 0) is 30.3 Å². The van der Waals surface area contributed by atoms with Gasteiger partial charge in [0.05, 0.1) is 9.82 Å². The van der Waals surface area contributed by atoms with Crippen molar-refractivity contribution >= 4 is 27.2 Å². The Balaban J connectivity index is 1.92. The molecule has 0 aliphatic carbocycles. The molecule has 0 aromatic heterocycles. The Morgan fingerprint density at radius 3 is 2.50 bits per heavy atom. The summed E-state index contributed by atoms with van der Waals surface area (Å²) >= 11 is 0. The standard InChI is InChI=1S/C18H21F2N5O4S/c1-21-18(24-11-12-9-13(19)3-5-15(12)20)23-8-7-22-16-6-4-14(30(2,28)29)10-17(16)25(26)27/h3-6,9-10,22H,7-8,11H2,1-2H3,(H2,21,23,24). The van der Waals surface area contributed by atoms with Gasteiger partial charge in [-0.2, -0.15) is 0 Å². The fourth-order valence-corrected chi connectivity index (χ4v) is 3.14. The Hall–Kier alpha value is -3.28. The molecule has 12 heteroatoms. The van der Waals surface area contributed by atoms with E-state index in [1.165, 1.54) is 19.2 Å². The van der Waals surface area contributed by atoms with Gasteiger partial charge in [0.25, 0.3) is 5.69 Å². The van der Waals surface area contributed by atoms with Crippen molar-refractivity contribution < 1.29 is 22.1 Å². The maximum absolute atomic E-state index is 13.7. The van der Waals surface area contributed by atoms with Crippen LogP contribution in [0.1, 0.15) is 5.56 Å². The highest BCUT2D eigenvalue weighted by Crippen LogP contribution is 2.27. The Labute approximate surface area is 172 Å². The highest BCUT2D eigenvalue weighted by Gasteiger charge is 2.18. The molecule has 3 N–H and O–H groups in total. The number of halogens is 2. The van der Waals surface area contributed by atoms with Gasteiger partial charge in [0, 0.05) is 44.6 Å². The third-order valence-electron chi connectivity index (χ3n) is 4.00. The summed E-state index contributed by atoms with van der Waals surface area (Å²) in [6.07, 6.45) is 0.970. The van der Waals surface area contributed by atoms with Crippen LogP contribution in [0.4, 0.5) is 20.2 Å². The van der Waals surface area contributed by atoms with Gasteiger partial charge in [0.15, 0.2) is 15.8 Å². The number of hydrogen-bond donors (Lipinski definition) is 3. The van der Waals surface area contributed by atoms with E-state index < -0.39 is 26.4 Å². The van der Waals surface area contributed by atoms with Gasteiger partial charge in [-0.3, -0.25) is 15.1 Å². The molecule has 0 fully saturated rings. The second-order valence-corrected chi connectivity index (χ2v) is 8.24. The molecule has 30 heavy (non-hydrogen) atoms. The number of anilines is 1. The average Bonchev–Trinajstić information content (AvgIpc) is 2.69. The summed E-state index contributed by atoms with van der Waals surface area (Å²) in [7, 11) is -2.07. The molecule has 2 aromatic carbocycles. The first-order chi connectivity index (χ1) is 14.1. The van der Waals surface area contributed by atoms with Crippen molar-refractivity contribution in [3.8, 4) is 0 Å². The number of nitro benzene ring substituents is 1. The fourth-order valence-electron chi connectivity index (χ4n) is 2.50. The van der Waals surface area contributed by atoms with Gasteiger partial charge >= 0.3 is 0 Å². The number of guanidine groups is 1. The van der Waals surface area contributed by atoms with Gasteiger partial charge in [0.1, 0.15) is 17.3 Å². The number of benzene rings is 2. The monoisotopic (exact) mass is 441 g/mol. The highest BCUT2D eigenvalue weighted by atomic mass is 32.2. The molecule has 2 rings (SSSR count). The lowest BCUT2D eigenvalue weighted by atomic mass is 10.2. The summed E-state index contributed by atoms with van der Waals surface area (Å²) in [6.45, 7) is 0.541. The molecule has 0 amide bonds. The van der Waals surface area contributed by atoms with Gasteiger partial charge in [-0.1, -0.05) is 0 Å². The molecule has 0 heterocycles. The maximum Gasteiger partial charge on any atom is 0.293 e. The van der Waals surface area contributed by atoms with Gasteiger partial charge in [-0.15, -0.1) is 0 Å². The number of nitrogens with one attached hydrogen (secondary N) is 3. The van der Waals surface area contributed by atoms with Crippen molar-refractivity contribution in [2.24, 2.45) is 4.99 Å². The van der Waals surface area contributed by atoms with Crippen molar-refractivity contribution in [2.75, 3.05) is 31.7 Å². The van der Waals surface area contributed by atoms with Crippen LogP contribution in [0.5, 0.6) is 0 Å². The van der Waals surface area contributed by atoms with Gasteiger partial charge in [-0.25, -0.2) is 17.2 Å². The molecule has 9 nitrogen and oxygen atoms in total. The minimum Gasteiger partial charge on any atom is -0.378 e. The number of sulfone groups is 1. The molecule has 0 saturated carbocycles. The molecule has 0 spiro atoms. The Morgan fingerprint density at radius 2 is 1.87 bits per heavy atom. The van der Waals surface area contributed by atoms with Crippen LogP contribution < -0.4 is 16.0 Å². The van der Waals surface area contributed by atoms with E-state index in [0.717, 1.165) is 30.5 Å². The van der Waals surface area contributed by atoms with Crippen LogP contribution in [0.2, 0.25) is 0 Å². The molecule has 0 unspecified atom stereocenters. The first-order valence-electron chi connectivity index (χ1n) is 8.72. The van der Waals surface area contributed by atoms with Crippen molar-refractivity contribution in [3.63, 3.8) is 0 Å². The fraction of sp³-hybridized carbons (Fsp3) is 0.278. The predicted octanol–water partition coefficient (Wildman–Crippen LogP) is 2.05. The molecular weight excluding hydrogens is 420 g/mol. The first kappa shape index (κ1) is 23.0. The molecular formula is C18H21F2N5O4S. The van der Waals surface area contributed by atoms with E-state index in [-0.39, 0.29) is 41.5 Å². The molecule has 0 radical (unpaired) electrons. The predicted molar refractivity (Wildman–Crippen MR) is 109 cm³/mol. The number of nitrogens with zero attached hydrogens (tertiary/aromatic N) is 2. The van der Waals surface area contributed by atoms with Crippen molar-refractivity contribution in [1.82, 2.24) is 10.6 Å². The molecule has 0 bridgehead atoms. The Kier molecular flexibility index (Phi) is 7.64. The van der Waals surface area contributed by atoms with E-state index >= 15 is 0 Å². The summed E-state index contributed by atoms with van der Waals surface area (Å²) in [5.74, 6) is -0.780. The second kappa shape index (κ2) is 9.96. The normalized spacial score (nSPS) is 11.8. The first-order valence-corrected chi connectivity index (χ1v) is 10.6. The summed E-state index contributed by atoms with van der Waals surface area (Å²) in [6, 6.07) is 6.75. The Bertz CT molecular complexity index is 1060.